The summed E-state index contributed by atoms with van der Waals surface area (Å²) >= 11 is 0. The maximum absolute atomic E-state index is 14.6. The highest BCUT2D eigenvalue weighted by atomic mass is 19.1. The van der Waals surface area contributed by atoms with E-state index in [1.165, 1.54) is 24.5 Å². The lowest BCUT2D eigenvalue weighted by molar-refractivity contribution is 0.331. The van der Waals surface area contributed by atoms with Crippen molar-refractivity contribution in [2.45, 2.75) is 32.4 Å². The van der Waals surface area contributed by atoms with E-state index in [1.807, 2.05) is 0 Å². The van der Waals surface area contributed by atoms with Crippen LogP contribution in [0.5, 0.6) is 5.75 Å². The summed E-state index contributed by atoms with van der Waals surface area (Å²) in [6, 6.07) is 13.7. The van der Waals surface area contributed by atoms with E-state index in [1.54, 1.807) is 22.9 Å². The molecule has 2 aliphatic heterocycles. The van der Waals surface area contributed by atoms with Crippen molar-refractivity contribution in [3.63, 3.8) is 0 Å². The Balaban J connectivity index is 1.30. The number of imidazole rings is 1. The van der Waals surface area contributed by atoms with E-state index in [2.05, 4.69) is 50.5 Å². The third-order valence-electron chi connectivity index (χ3n) is 6.84. The quantitative estimate of drug-likeness (QED) is 0.447. The summed E-state index contributed by atoms with van der Waals surface area (Å²) in [5.41, 5.74) is 5.50. The number of nitrogens with zero attached hydrogens (tertiary/aromatic N) is 5. The summed E-state index contributed by atoms with van der Waals surface area (Å²) in [5.74, 6) is 0.963. The van der Waals surface area contributed by atoms with Crippen molar-refractivity contribution in [2.75, 3.05) is 25.0 Å². The van der Waals surface area contributed by atoms with Crippen LogP contribution in [0.2, 0.25) is 0 Å². The summed E-state index contributed by atoms with van der Waals surface area (Å²) in [6.45, 7) is 4.10. The minimum absolute atomic E-state index is 0.255. The van der Waals surface area contributed by atoms with Crippen molar-refractivity contribution in [2.24, 2.45) is 0 Å². The first-order chi connectivity index (χ1) is 17.2. The lowest BCUT2D eigenvalue weighted by atomic mass is 10.0. The molecule has 35 heavy (non-hydrogen) atoms. The molecule has 0 unspecified atom stereocenters. The number of nitriles is 1. The number of halogens is 1. The zero-order valence-electron chi connectivity index (χ0n) is 19.3. The van der Waals surface area contributed by atoms with E-state index in [-0.39, 0.29) is 12.4 Å². The van der Waals surface area contributed by atoms with E-state index >= 15 is 0 Å². The third-order valence-corrected chi connectivity index (χ3v) is 6.84. The van der Waals surface area contributed by atoms with Crippen LogP contribution in [0.3, 0.4) is 0 Å². The van der Waals surface area contributed by atoms with E-state index in [0.717, 1.165) is 42.1 Å². The number of rotatable bonds is 6. The SMILES string of the molecule is N#Cc1cn2c(NCc3c(F)ccc4c3CCO4)ncc(-c3ccc(CN4CCCC4)cc3)c2n1. The van der Waals surface area contributed by atoms with Gasteiger partial charge in [0.05, 0.1) is 12.8 Å². The molecule has 2 aliphatic rings. The fourth-order valence-electron chi connectivity index (χ4n) is 5.03. The highest BCUT2D eigenvalue weighted by Gasteiger charge is 2.20. The zero-order chi connectivity index (χ0) is 23.8. The van der Waals surface area contributed by atoms with Crippen LogP contribution in [0.15, 0.2) is 48.8 Å². The van der Waals surface area contributed by atoms with Crippen LogP contribution in [0.25, 0.3) is 16.8 Å². The first-order valence-electron chi connectivity index (χ1n) is 12.0. The van der Waals surface area contributed by atoms with Crippen molar-refractivity contribution in [3.05, 3.63) is 77.0 Å². The molecule has 4 heterocycles. The van der Waals surface area contributed by atoms with Crippen LogP contribution < -0.4 is 10.1 Å². The van der Waals surface area contributed by atoms with Crippen LogP contribution in [0, 0.1) is 17.1 Å². The van der Waals surface area contributed by atoms with Gasteiger partial charge in [-0.1, -0.05) is 24.3 Å². The van der Waals surface area contributed by atoms with Crippen LogP contribution in [0.1, 0.15) is 35.2 Å². The maximum Gasteiger partial charge on any atom is 0.208 e. The van der Waals surface area contributed by atoms with E-state index in [9.17, 15) is 9.65 Å². The predicted molar refractivity (Wildman–Crippen MR) is 131 cm³/mol. The maximum atomic E-state index is 14.6. The van der Waals surface area contributed by atoms with Gasteiger partial charge in [-0.15, -0.1) is 0 Å². The molecule has 4 aromatic rings. The fourth-order valence-corrected chi connectivity index (χ4v) is 5.03. The van der Waals surface area contributed by atoms with Gasteiger partial charge < -0.3 is 10.1 Å². The Morgan fingerprint density at radius 1 is 1.11 bits per heavy atom. The molecule has 1 fully saturated rings. The van der Waals surface area contributed by atoms with Crippen LogP contribution in [-0.2, 0) is 19.5 Å². The van der Waals surface area contributed by atoms with E-state index in [4.69, 9.17) is 4.74 Å². The average Bonchev–Trinajstić information content (AvgIpc) is 3.64. The van der Waals surface area contributed by atoms with Crippen molar-refractivity contribution in [3.8, 4) is 22.9 Å². The number of anilines is 1. The molecule has 7 nitrogen and oxygen atoms in total. The zero-order valence-corrected chi connectivity index (χ0v) is 19.3. The molecule has 6 rings (SSSR count). The van der Waals surface area contributed by atoms with Crippen molar-refractivity contribution < 1.29 is 9.13 Å². The number of nitrogens with one attached hydrogen (secondary N) is 1. The van der Waals surface area contributed by atoms with Crippen molar-refractivity contribution >= 4 is 11.6 Å². The molecule has 1 saturated heterocycles. The molecule has 176 valence electrons. The molecule has 0 atom stereocenters. The normalized spacial score (nSPS) is 15.2. The Morgan fingerprint density at radius 3 is 2.74 bits per heavy atom. The molecule has 0 radical (unpaired) electrons. The van der Waals surface area contributed by atoms with Gasteiger partial charge in [0.2, 0.25) is 5.95 Å². The third kappa shape index (κ3) is 4.08. The second-order valence-corrected chi connectivity index (χ2v) is 9.06. The lowest BCUT2D eigenvalue weighted by Gasteiger charge is -2.15. The average molecular weight is 469 g/mol. The second kappa shape index (κ2) is 9.01. The van der Waals surface area contributed by atoms with Crippen LogP contribution in [0.4, 0.5) is 10.3 Å². The molecule has 1 N–H and O–H groups in total. The van der Waals surface area contributed by atoms with Crippen LogP contribution in [-0.4, -0.2) is 39.0 Å². The number of hydrogen-bond donors (Lipinski definition) is 1. The first-order valence-corrected chi connectivity index (χ1v) is 12.0. The molecular weight excluding hydrogens is 443 g/mol. The van der Waals surface area contributed by atoms with E-state index < -0.39 is 0 Å². The van der Waals surface area contributed by atoms with Gasteiger partial charge in [0, 0.05) is 42.4 Å². The highest BCUT2D eigenvalue weighted by molar-refractivity contribution is 5.78. The summed E-state index contributed by atoms with van der Waals surface area (Å²) in [6.07, 6.45) is 6.65. The molecule has 2 aromatic carbocycles. The Bertz CT molecular complexity index is 1430. The number of fused-ring (bicyclic) bond motifs is 2. The van der Waals surface area contributed by atoms with Crippen LogP contribution >= 0.6 is 0 Å². The van der Waals surface area contributed by atoms with Crippen molar-refractivity contribution in [1.82, 2.24) is 19.3 Å². The molecular formula is C27H25FN6O. The minimum atomic E-state index is -0.271. The summed E-state index contributed by atoms with van der Waals surface area (Å²) < 4.78 is 21.9. The van der Waals surface area contributed by atoms with Gasteiger partial charge in [-0.2, -0.15) is 5.26 Å². The van der Waals surface area contributed by atoms with Gasteiger partial charge in [-0.3, -0.25) is 9.30 Å². The van der Waals surface area contributed by atoms with Crippen molar-refractivity contribution in [1.29, 1.82) is 5.26 Å². The smallest absolute Gasteiger partial charge is 0.208 e. The molecule has 0 amide bonds. The number of hydrogen-bond acceptors (Lipinski definition) is 6. The standard InChI is InChI=1S/C27H25FN6O/c28-24-7-8-25-21(9-12-35-25)23(24)15-31-27-30-14-22(26-32-20(13-29)17-34(26)27)19-5-3-18(4-6-19)16-33-10-1-2-11-33/h3-8,14,17H,1-2,9-12,15-16H2,(H,30,31). The molecule has 8 heteroatoms. The fraction of sp³-hybridized carbons (Fsp3) is 0.296. The number of ether oxygens (including phenoxy) is 1. The molecule has 0 aliphatic carbocycles. The topological polar surface area (TPSA) is 78.5 Å². The Labute approximate surface area is 202 Å². The van der Waals surface area contributed by atoms with Gasteiger partial charge in [0.15, 0.2) is 11.3 Å². The molecule has 0 saturated carbocycles. The molecule has 0 spiro atoms. The van der Waals surface area contributed by atoms with Gasteiger partial charge >= 0.3 is 0 Å². The summed E-state index contributed by atoms with van der Waals surface area (Å²) in [4.78, 5) is 11.6. The van der Waals surface area contributed by atoms with Gasteiger partial charge in [0.25, 0.3) is 0 Å². The largest absolute Gasteiger partial charge is 0.493 e. The monoisotopic (exact) mass is 468 g/mol. The Kier molecular flexibility index (Phi) is 5.55. The van der Waals surface area contributed by atoms with E-state index in [0.29, 0.717) is 35.9 Å². The highest BCUT2D eigenvalue weighted by Crippen LogP contribution is 2.31. The first kappa shape index (κ1) is 21.6. The Morgan fingerprint density at radius 2 is 1.94 bits per heavy atom. The lowest BCUT2D eigenvalue weighted by Crippen LogP contribution is -2.18. The predicted octanol–water partition coefficient (Wildman–Crippen LogP) is 4.55. The molecule has 2 aromatic heterocycles. The Hall–Kier alpha value is -3.96. The van der Waals surface area contributed by atoms with Gasteiger partial charge in [0.1, 0.15) is 17.6 Å². The van der Waals surface area contributed by atoms with Gasteiger partial charge in [-0.05, 0) is 49.2 Å². The minimum Gasteiger partial charge on any atom is -0.493 e. The summed E-state index contributed by atoms with van der Waals surface area (Å²) in [7, 11) is 0. The number of aromatic nitrogens is 3. The number of benzene rings is 2. The molecule has 0 bridgehead atoms. The van der Waals surface area contributed by atoms with Gasteiger partial charge in [-0.25, -0.2) is 14.4 Å². The second-order valence-electron chi connectivity index (χ2n) is 9.06. The number of likely N-dealkylation sites (tertiary alicyclic amines) is 1. The summed E-state index contributed by atoms with van der Waals surface area (Å²) in [5, 5.41) is 12.7.